The maximum atomic E-state index is 11.7. The lowest BCUT2D eigenvalue weighted by atomic mass is 9.97. The van der Waals surface area contributed by atoms with Gasteiger partial charge < -0.3 is 10.5 Å². The first-order valence-corrected chi connectivity index (χ1v) is 6.78. The Bertz CT molecular complexity index is 811. The number of primary amides is 1. The van der Waals surface area contributed by atoms with E-state index in [2.05, 4.69) is 5.10 Å². The quantitative estimate of drug-likeness (QED) is 0.804. The number of methoxy groups -OCH3 is 1. The molecule has 0 aliphatic rings. The molecule has 0 saturated heterocycles. The molecule has 1 amide bonds. The number of nitrogens with two attached hydrogens (primary N) is 1. The van der Waals surface area contributed by atoms with Crippen molar-refractivity contribution < 1.29 is 9.53 Å². The summed E-state index contributed by atoms with van der Waals surface area (Å²) in [5.41, 5.74) is 8.41. The lowest BCUT2D eigenvalue weighted by Gasteiger charge is -2.14. The molecule has 3 rings (SSSR count). The number of benzene rings is 2. The number of ether oxygens (including phenoxy) is 1. The van der Waals surface area contributed by atoms with Crippen molar-refractivity contribution in [3.05, 3.63) is 66.5 Å². The minimum atomic E-state index is -0.460. The molecule has 0 aliphatic carbocycles. The molecule has 0 unspecified atom stereocenters. The summed E-state index contributed by atoms with van der Waals surface area (Å²) >= 11 is 0. The molecular formula is C17H15N3O2. The van der Waals surface area contributed by atoms with E-state index in [1.54, 1.807) is 30.1 Å². The first-order chi connectivity index (χ1) is 10.7. The van der Waals surface area contributed by atoms with Crippen LogP contribution in [0.3, 0.4) is 0 Å². The number of amides is 1. The number of hydrogen-bond donors (Lipinski definition) is 1. The largest absolute Gasteiger partial charge is 0.497 e. The molecular weight excluding hydrogens is 278 g/mol. The second-order valence-electron chi connectivity index (χ2n) is 4.74. The van der Waals surface area contributed by atoms with Gasteiger partial charge in [-0.3, -0.25) is 4.79 Å². The van der Waals surface area contributed by atoms with Gasteiger partial charge in [-0.25, -0.2) is 4.68 Å². The lowest BCUT2D eigenvalue weighted by molar-refractivity contribution is 0.100. The van der Waals surface area contributed by atoms with Crippen molar-refractivity contribution in [3.63, 3.8) is 0 Å². The molecule has 2 N–H and O–H groups in total. The highest BCUT2D eigenvalue weighted by atomic mass is 16.5. The number of nitrogens with zero attached hydrogens (tertiary/aromatic N) is 2. The molecule has 0 atom stereocenters. The highest BCUT2D eigenvalue weighted by Crippen LogP contribution is 2.32. The van der Waals surface area contributed by atoms with E-state index in [-0.39, 0.29) is 0 Å². The van der Waals surface area contributed by atoms with Crippen molar-refractivity contribution in [2.75, 3.05) is 7.11 Å². The van der Waals surface area contributed by atoms with Crippen LogP contribution in [0.15, 0.2) is 60.9 Å². The molecule has 1 aromatic heterocycles. The standard InChI is InChI=1S/C17H15N3O2/c1-22-12-7-8-14(16(11-12)20-10-4-9-19-20)13-5-2-3-6-15(13)17(18)21/h2-11H,1H3,(H2,18,21). The average molecular weight is 293 g/mol. The Labute approximate surface area is 127 Å². The van der Waals surface area contributed by atoms with Gasteiger partial charge in [0, 0.05) is 29.6 Å². The van der Waals surface area contributed by atoms with Crippen LogP contribution in [0.2, 0.25) is 0 Å². The normalized spacial score (nSPS) is 10.4. The third kappa shape index (κ3) is 2.44. The fourth-order valence-electron chi connectivity index (χ4n) is 2.40. The van der Waals surface area contributed by atoms with Crippen molar-refractivity contribution in [1.29, 1.82) is 0 Å². The van der Waals surface area contributed by atoms with Gasteiger partial charge in [-0.05, 0) is 29.8 Å². The monoisotopic (exact) mass is 293 g/mol. The molecule has 3 aromatic rings. The maximum absolute atomic E-state index is 11.7. The van der Waals surface area contributed by atoms with Crippen LogP contribution < -0.4 is 10.5 Å². The molecule has 0 spiro atoms. The molecule has 0 aliphatic heterocycles. The Hall–Kier alpha value is -3.08. The molecule has 0 fully saturated rings. The van der Waals surface area contributed by atoms with Gasteiger partial charge in [0.1, 0.15) is 5.75 Å². The van der Waals surface area contributed by atoms with Crippen molar-refractivity contribution in [2.24, 2.45) is 5.73 Å². The van der Waals surface area contributed by atoms with Crippen molar-refractivity contribution >= 4 is 5.91 Å². The molecule has 0 radical (unpaired) electrons. The zero-order chi connectivity index (χ0) is 15.5. The highest BCUT2D eigenvalue weighted by molar-refractivity contribution is 6.00. The van der Waals surface area contributed by atoms with Crippen LogP contribution in [0.4, 0.5) is 0 Å². The van der Waals surface area contributed by atoms with Crippen LogP contribution in [0.1, 0.15) is 10.4 Å². The van der Waals surface area contributed by atoms with Gasteiger partial charge in [0.2, 0.25) is 5.91 Å². The Morgan fingerprint density at radius 3 is 2.64 bits per heavy atom. The molecule has 110 valence electrons. The van der Waals surface area contributed by atoms with E-state index in [1.165, 1.54) is 0 Å². The van der Waals surface area contributed by atoms with E-state index < -0.39 is 5.91 Å². The van der Waals surface area contributed by atoms with Gasteiger partial charge in [-0.1, -0.05) is 18.2 Å². The fraction of sp³-hybridized carbons (Fsp3) is 0.0588. The zero-order valence-corrected chi connectivity index (χ0v) is 12.1. The van der Waals surface area contributed by atoms with Crippen LogP contribution >= 0.6 is 0 Å². The van der Waals surface area contributed by atoms with E-state index in [9.17, 15) is 4.79 Å². The summed E-state index contributed by atoms with van der Waals surface area (Å²) in [5, 5.41) is 4.27. The molecule has 5 nitrogen and oxygen atoms in total. The fourth-order valence-corrected chi connectivity index (χ4v) is 2.40. The Balaban J connectivity index is 2.26. The average Bonchev–Trinajstić information content (AvgIpc) is 3.08. The van der Waals surface area contributed by atoms with Crippen LogP contribution in [-0.2, 0) is 0 Å². The van der Waals surface area contributed by atoms with Gasteiger partial charge in [-0.15, -0.1) is 0 Å². The third-order valence-corrected chi connectivity index (χ3v) is 3.44. The van der Waals surface area contributed by atoms with E-state index in [1.807, 2.05) is 42.6 Å². The summed E-state index contributed by atoms with van der Waals surface area (Å²) in [4.78, 5) is 11.7. The number of aromatic nitrogens is 2. The third-order valence-electron chi connectivity index (χ3n) is 3.44. The summed E-state index contributed by atoms with van der Waals surface area (Å²) in [5.74, 6) is 0.253. The van der Waals surface area contributed by atoms with Gasteiger partial charge in [-0.2, -0.15) is 5.10 Å². The van der Waals surface area contributed by atoms with Crippen LogP contribution in [0.25, 0.3) is 16.8 Å². The van der Waals surface area contributed by atoms with Crippen molar-refractivity contribution in [3.8, 4) is 22.6 Å². The van der Waals surface area contributed by atoms with E-state index >= 15 is 0 Å². The first kappa shape index (κ1) is 13.9. The van der Waals surface area contributed by atoms with Crippen molar-refractivity contribution in [1.82, 2.24) is 9.78 Å². The first-order valence-electron chi connectivity index (χ1n) is 6.78. The molecule has 0 bridgehead atoms. The van der Waals surface area contributed by atoms with Crippen LogP contribution in [-0.4, -0.2) is 22.8 Å². The molecule has 22 heavy (non-hydrogen) atoms. The highest BCUT2D eigenvalue weighted by Gasteiger charge is 2.14. The second kappa shape index (κ2) is 5.73. The van der Waals surface area contributed by atoms with E-state index in [0.717, 1.165) is 16.8 Å². The summed E-state index contributed by atoms with van der Waals surface area (Å²) < 4.78 is 7.02. The minimum Gasteiger partial charge on any atom is -0.497 e. The Morgan fingerprint density at radius 1 is 1.14 bits per heavy atom. The van der Waals surface area contributed by atoms with Crippen LogP contribution in [0.5, 0.6) is 5.75 Å². The smallest absolute Gasteiger partial charge is 0.249 e. The molecule has 5 heteroatoms. The summed E-state index contributed by atoms with van der Waals surface area (Å²) in [7, 11) is 1.61. The minimum absolute atomic E-state index is 0.460. The Kier molecular flexibility index (Phi) is 3.62. The van der Waals surface area contributed by atoms with Gasteiger partial charge in [0.15, 0.2) is 0 Å². The van der Waals surface area contributed by atoms with E-state index in [0.29, 0.717) is 11.3 Å². The van der Waals surface area contributed by atoms with Gasteiger partial charge in [0.05, 0.1) is 12.8 Å². The predicted molar refractivity (Wildman–Crippen MR) is 84.1 cm³/mol. The number of rotatable bonds is 4. The summed E-state index contributed by atoms with van der Waals surface area (Å²) in [6, 6.07) is 14.7. The summed E-state index contributed by atoms with van der Waals surface area (Å²) in [6.07, 6.45) is 3.54. The summed E-state index contributed by atoms with van der Waals surface area (Å²) in [6.45, 7) is 0. The second-order valence-corrected chi connectivity index (χ2v) is 4.74. The molecule has 1 heterocycles. The predicted octanol–water partition coefficient (Wildman–Crippen LogP) is 2.65. The molecule has 0 saturated carbocycles. The maximum Gasteiger partial charge on any atom is 0.249 e. The number of carbonyl (C=O) groups is 1. The lowest BCUT2D eigenvalue weighted by Crippen LogP contribution is -2.12. The number of carbonyl (C=O) groups excluding carboxylic acids is 1. The van der Waals surface area contributed by atoms with Gasteiger partial charge in [0.25, 0.3) is 0 Å². The SMILES string of the molecule is COc1ccc(-c2ccccc2C(N)=O)c(-n2cccn2)c1. The number of hydrogen-bond acceptors (Lipinski definition) is 3. The topological polar surface area (TPSA) is 70.1 Å². The van der Waals surface area contributed by atoms with Crippen LogP contribution in [0, 0.1) is 0 Å². The Morgan fingerprint density at radius 2 is 1.95 bits per heavy atom. The van der Waals surface area contributed by atoms with Crippen molar-refractivity contribution in [2.45, 2.75) is 0 Å². The molecule has 2 aromatic carbocycles. The van der Waals surface area contributed by atoms with Gasteiger partial charge >= 0.3 is 0 Å². The zero-order valence-electron chi connectivity index (χ0n) is 12.1. The van der Waals surface area contributed by atoms with E-state index in [4.69, 9.17) is 10.5 Å².